The molecule has 1 aliphatic heterocycles. The van der Waals surface area contributed by atoms with Crippen LogP contribution in [0.25, 0.3) is 10.2 Å². The molecule has 152 valence electrons. The molecule has 0 atom stereocenters. The summed E-state index contributed by atoms with van der Waals surface area (Å²) >= 11 is 1.70. The van der Waals surface area contributed by atoms with Gasteiger partial charge in [-0.2, -0.15) is 0 Å². The van der Waals surface area contributed by atoms with Gasteiger partial charge in [-0.05, 0) is 30.2 Å². The number of ether oxygens (including phenoxy) is 1. The smallest absolute Gasteiger partial charge is 0.407 e. The molecule has 2 aromatic carbocycles. The molecule has 29 heavy (non-hydrogen) atoms. The van der Waals surface area contributed by atoms with Crippen molar-refractivity contribution in [1.29, 1.82) is 0 Å². The molecular weight excluding hydrogens is 386 g/mol. The van der Waals surface area contributed by atoms with Crippen LogP contribution in [-0.4, -0.2) is 58.8 Å². The lowest BCUT2D eigenvalue weighted by Gasteiger charge is -2.33. The van der Waals surface area contributed by atoms with Crippen molar-refractivity contribution in [1.82, 2.24) is 14.8 Å². The van der Waals surface area contributed by atoms with Crippen molar-refractivity contribution in [3.8, 4) is 5.75 Å². The molecule has 3 aromatic rings. The quantitative estimate of drug-likeness (QED) is 0.664. The number of piperazine rings is 1. The van der Waals surface area contributed by atoms with Gasteiger partial charge in [0.15, 0.2) is 0 Å². The predicted molar refractivity (Wildman–Crippen MR) is 115 cm³/mol. The molecule has 6 nitrogen and oxygen atoms in total. The highest BCUT2D eigenvalue weighted by Gasteiger charge is 2.20. The van der Waals surface area contributed by atoms with E-state index in [9.17, 15) is 4.79 Å². The van der Waals surface area contributed by atoms with Crippen LogP contribution in [0, 0.1) is 6.92 Å². The Kier molecular flexibility index (Phi) is 5.97. The second-order valence-electron chi connectivity index (χ2n) is 7.32. The summed E-state index contributed by atoms with van der Waals surface area (Å²) in [4.78, 5) is 19.3. The zero-order valence-electron chi connectivity index (χ0n) is 16.5. The summed E-state index contributed by atoms with van der Waals surface area (Å²) in [7, 11) is 0. The zero-order valence-corrected chi connectivity index (χ0v) is 17.3. The number of rotatable bonds is 6. The Balaban J connectivity index is 1.24. The number of hydrogen-bond donors (Lipinski definition) is 1. The standard InChI is InChI=1S/C22H25N3O3S/c1-16-23-20-14-19(6-7-21(20)29-16)28-13-8-17-2-4-18(5-3-17)15-24-9-11-25(12-10-24)22(26)27/h2-7,14H,8-13,15H2,1H3,(H,26,27). The molecule has 1 amide bonds. The van der Waals surface area contributed by atoms with Crippen molar-refractivity contribution < 1.29 is 14.6 Å². The average molecular weight is 412 g/mol. The van der Waals surface area contributed by atoms with Crippen molar-refractivity contribution in [2.75, 3.05) is 32.8 Å². The number of benzene rings is 2. The average Bonchev–Trinajstić information content (AvgIpc) is 3.09. The molecule has 1 N–H and O–H groups in total. The van der Waals surface area contributed by atoms with Gasteiger partial charge in [0.05, 0.1) is 21.8 Å². The van der Waals surface area contributed by atoms with Crippen LogP contribution in [0.2, 0.25) is 0 Å². The molecule has 7 heteroatoms. The van der Waals surface area contributed by atoms with E-state index < -0.39 is 6.09 Å². The Morgan fingerprint density at radius 1 is 1.10 bits per heavy atom. The van der Waals surface area contributed by atoms with Crippen LogP contribution in [0.1, 0.15) is 16.1 Å². The SMILES string of the molecule is Cc1nc2cc(OCCc3ccc(CN4CCN(C(=O)O)CC4)cc3)ccc2s1. The first kappa shape index (κ1) is 19.7. The van der Waals surface area contributed by atoms with Crippen LogP contribution < -0.4 is 4.74 Å². The number of fused-ring (bicyclic) bond motifs is 1. The molecule has 1 saturated heterocycles. The fourth-order valence-corrected chi connectivity index (χ4v) is 4.37. The molecule has 1 aliphatic rings. The molecular formula is C22H25N3O3S. The topological polar surface area (TPSA) is 65.9 Å². The third-order valence-corrected chi connectivity index (χ3v) is 6.15. The predicted octanol–water partition coefficient (Wildman–Crippen LogP) is 4.02. The van der Waals surface area contributed by atoms with Gasteiger partial charge in [-0.3, -0.25) is 4.90 Å². The van der Waals surface area contributed by atoms with E-state index in [2.05, 4.69) is 40.2 Å². The van der Waals surface area contributed by atoms with E-state index in [0.29, 0.717) is 19.7 Å². The maximum Gasteiger partial charge on any atom is 0.407 e. The second-order valence-corrected chi connectivity index (χ2v) is 8.56. The molecule has 0 bridgehead atoms. The maximum absolute atomic E-state index is 11.0. The van der Waals surface area contributed by atoms with E-state index in [0.717, 1.165) is 42.3 Å². The van der Waals surface area contributed by atoms with Gasteiger partial charge in [0.2, 0.25) is 0 Å². The van der Waals surface area contributed by atoms with Gasteiger partial charge in [0.25, 0.3) is 0 Å². The lowest BCUT2D eigenvalue weighted by molar-refractivity contribution is 0.103. The van der Waals surface area contributed by atoms with Crippen LogP contribution in [0.15, 0.2) is 42.5 Å². The van der Waals surface area contributed by atoms with Crippen molar-refractivity contribution in [3.63, 3.8) is 0 Å². The molecule has 0 unspecified atom stereocenters. The number of carboxylic acid groups (broad SMARTS) is 1. The molecule has 0 spiro atoms. The van der Waals surface area contributed by atoms with E-state index in [4.69, 9.17) is 9.84 Å². The first-order valence-corrected chi connectivity index (χ1v) is 10.7. The first-order chi connectivity index (χ1) is 14.1. The Morgan fingerprint density at radius 3 is 2.55 bits per heavy atom. The summed E-state index contributed by atoms with van der Waals surface area (Å²) in [5.74, 6) is 0.861. The molecule has 0 saturated carbocycles. The van der Waals surface area contributed by atoms with E-state index in [-0.39, 0.29) is 0 Å². The van der Waals surface area contributed by atoms with Gasteiger partial charge >= 0.3 is 6.09 Å². The van der Waals surface area contributed by atoms with Crippen molar-refractivity contribution >= 4 is 27.6 Å². The highest BCUT2D eigenvalue weighted by Crippen LogP contribution is 2.25. The lowest BCUT2D eigenvalue weighted by atomic mass is 10.1. The Morgan fingerprint density at radius 2 is 1.83 bits per heavy atom. The van der Waals surface area contributed by atoms with Crippen molar-refractivity contribution in [3.05, 3.63) is 58.6 Å². The number of amides is 1. The third kappa shape index (κ3) is 5.05. The Labute approximate surface area is 174 Å². The van der Waals surface area contributed by atoms with Gasteiger partial charge < -0.3 is 14.7 Å². The third-order valence-electron chi connectivity index (χ3n) is 5.20. The monoisotopic (exact) mass is 411 g/mol. The van der Waals surface area contributed by atoms with Crippen LogP contribution in [-0.2, 0) is 13.0 Å². The van der Waals surface area contributed by atoms with E-state index >= 15 is 0 Å². The number of aryl methyl sites for hydroxylation is 1. The number of carbonyl (C=O) groups is 1. The fourth-order valence-electron chi connectivity index (χ4n) is 3.57. The van der Waals surface area contributed by atoms with Gasteiger partial charge in [-0.25, -0.2) is 9.78 Å². The summed E-state index contributed by atoms with van der Waals surface area (Å²) in [6.07, 6.45) is 0.0314. The van der Waals surface area contributed by atoms with Crippen molar-refractivity contribution in [2.24, 2.45) is 0 Å². The number of hydrogen-bond acceptors (Lipinski definition) is 5. The number of aromatic nitrogens is 1. The summed E-state index contributed by atoms with van der Waals surface area (Å²) in [6, 6.07) is 14.7. The molecule has 1 aromatic heterocycles. The fraction of sp³-hybridized carbons (Fsp3) is 0.364. The Hall–Kier alpha value is -2.64. The van der Waals surface area contributed by atoms with Crippen molar-refractivity contribution in [2.45, 2.75) is 19.9 Å². The minimum atomic E-state index is -0.821. The van der Waals surface area contributed by atoms with Gasteiger partial charge in [0, 0.05) is 45.2 Å². The van der Waals surface area contributed by atoms with E-state index in [1.165, 1.54) is 20.7 Å². The molecule has 0 aliphatic carbocycles. The minimum Gasteiger partial charge on any atom is -0.493 e. The van der Waals surface area contributed by atoms with E-state index in [1.54, 1.807) is 11.3 Å². The first-order valence-electron chi connectivity index (χ1n) is 9.85. The van der Waals surface area contributed by atoms with Crippen LogP contribution in [0.3, 0.4) is 0 Å². The molecule has 4 rings (SSSR count). The van der Waals surface area contributed by atoms with Crippen LogP contribution >= 0.6 is 11.3 Å². The summed E-state index contributed by atoms with van der Waals surface area (Å²) < 4.78 is 7.10. The zero-order chi connectivity index (χ0) is 20.2. The Bertz CT molecular complexity index is 979. The van der Waals surface area contributed by atoms with E-state index in [1.807, 2.05) is 19.1 Å². The maximum atomic E-state index is 11.0. The molecule has 2 heterocycles. The summed E-state index contributed by atoms with van der Waals surface area (Å²) in [5, 5.41) is 10.1. The van der Waals surface area contributed by atoms with Crippen LogP contribution in [0.5, 0.6) is 5.75 Å². The normalized spacial score (nSPS) is 15.0. The lowest BCUT2D eigenvalue weighted by Crippen LogP contribution is -2.47. The van der Waals surface area contributed by atoms with Gasteiger partial charge in [-0.1, -0.05) is 24.3 Å². The second kappa shape index (κ2) is 8.80. The highest BCUT2D eigenvalue weighted by molar-refractivity contribution is 7.18. The van der Waals surface area contributed by atoms with Gasteiger partial charge in [0.1, 0.15) is 5.75 Å². The molecule has 1 fully saturated rings. The largest absolute Gasteiger partial charge is 0.493 e. The summed E-state index contributed by atoms with van der Waals surface area (Å²) in [5.41, 5.74) is 3.50. The van der Waals surface area contributed by atoms with Gasteiger partial charge in [-0.15, -0.1) is 11.3 Å². The summed E-state index contributed by atoms with van der Waals surface area (Å²) in [6.45, 7) is 6.23. The molecule has 0 radical (unpaired) electrons. The highest BCUT2D eigenvalue weighted by atomic mass is 32.1. The number of thiazole rings is 1. The minimum absolute atomic E-state index is 0.580. The van der Waals surface area contributed by atoms with Crippen LogP contribution in [0.4, 0.5) is 4.79 Å². The number of nitrogens with zero attached hydrogens (tertiary/aromatic N) is 3.